The van der Waals surface area contributed by atoms with Gasteiger partial charge in [0.15, 0.2) is 11.6 Å². The predicted molar refractivity (Wildman–Crippen MR) is 81.3 cm³/mol. The number of nitrogens with two attached hydrogens (primary N) is 1. The maximum Gasteiger partial charge on any atom is 0.236 e. The molecule has 1 aliphatic heterocycles. The first-order valence-electron chi connectivity index (χ1n) is 7.52. The second-order valence-electron chi connectivity index (χ2n) is 5.98. The average molecular weight is 325 g/mol. The average Bonchev–Trinajstić information content (AvgIpc) is 2.97. The minimum atomic E-state index is -0.931. The van der Waals surface area contributed by atoms with Crippen molar-refractivity contribution in [3.8, 4) is 0 Å². The molecule has 1 fully saturated rings. The van der Waals surface area contributed by atoms with E-state index in [1.807, 2.05) is 4.90 Å². The molecule has 5 nitrogen and oxygen atoms in total. The molecule has 7 heteroatoms. The Kier molecular flexibility index (Phi) is 5.30. The maximum absolute atomic E-state index is 13.3. The van der Waals surface area contributed by atoms with E-state index in [4.69, 9.17) is 5.73 Å². The first kappa shape index (κ1) is 17.3. The van der Waals surface area contributed by atoms with Gasteiger partial charge >= 0.3 is 0 Å². The highest BCUT2D eigenvalue weighted by Crippen LogP contribution is 2.22. The van der Waals surface area contributed by atoms with Gasteiger partial charge in [-0.1, -0.05) is 6.07 Å². The molecule has 0 aromatic heterocycles. The molecule has 2 rings (SSSR count). The van der Waals surface area contributed by atoms with E-state index in [0.29, 0.717) is 25.1 Å². The zero-order valence-electron chi connectivity index (χ0n) is 13.3. The number of benzene rings is 1. The molecule has 2 atom stereocenters. The van der Waals surface area contributed by atoms with E-state index in [0.717, 1.165) is 12.1 Å². The molecular weight excluding hydrogens is 304 g/mol. The van der Waals surface area contributed by atoms with E-state index in [9.17, 15) is 18.4 Å². The van der Waals surface area contributed by atoms with Crippen LogP contribution in [0.4, 0.5) is 8.78 Å². The van der Waals surface area contributed by atoms with Gasteiger partial charge in [-0.2, -0.15) is 0 Å². The molecule has 2 amide bonds. The van der Waals surface area contributed by atoms with Crippen molar-refractivity contribution in [2.45, 2.75) is 19.4 Å². The van der Waals surface area contributed by atoms with E-state index in [2.05, 4.69) is 0 Å². The SMILES string of the molecule is C[C@@H](c1ccc(F)c(F)c1)N(C)C(=O)CN1CC[C@@H](C(N)=O)C1. The highest BCUT2D eigenvalue weighted by molar-refractivity contribution is 5.79. The lowest BCUT2D eigenvalue weighted by Crippen LogP contribution is -2.39. The van der Waals surface area contributed by atoms with Crippen LogP contribution in [0.3, 0.4) is 0 Å². The van der Waals surface area contributed by atoms with Gasteiger partial charge < -0.3 is 10.6 Å². The number of carbonyl (C=O) groups is 2. The van der Waals surface area contributed by atoms with Crippen molar-refractivity contribution in [1.82, 2.24) is 9.80 Å². The van der Waals surface area contributed by atoms with Gasteiger partial charge in [0.05, 0.1) is 18.5 Å². The van der Waals surface area contributed by atoms with Gasteiger partial charge in [-0.25, -0.2) is 8.78 Å². The summed E-state index contributed by atoms with van der Waals surface area (Å²) >= 11 is 0. The standard InChI is InChI=1S/C16H21F2N3O2/c1-10(11-3-4-13(17)14(18)7-11)20(2)15(22)9-21-6-5-12(8-21)16(19)23/h3-4,7,10,12H,5-6,8-9H2,1-2H3,(H2,19,23)/t10-,12+/m0/s1. The van der Waals surface area contributed by atoms with Gasteiger partial charge in [-0.15, -0.1) is 0 Å². The van der Waals surface area contributed by atoms with Crippen LogP contribution >= 0.6 is 0 Å². The molecule has 1 aromatic carbocycles. The van der Waals surface area contributed by atoms with Crippen molar-refractivity contribution in [2.24, 2.45) is 11.7 Å². The van der Waals surface area contributed by atoms with Crippen molar-refractivity contribution in [3.63, 3.8) is 0 Å². The largest absolute Gasteiger partial charge is 0.369 e. The molecule has 126 valence electrons. The minimum absolute atomic E-state index is 0.146. The molecular formula is C16H21F2N3O2. The first-order valence-corrected chi connectivity index (χ1v) is 7.52. The second kappa shape index (κ2) is 7.04. The molecule has 0 radical (unpaired) electrons. The Morgan fingerprint density at radius 3 is 2.65 bits per heavy atom. The third-order valence-corrected chi connectivity index (χ3v) is 4.43. The number of rotatable bonds is 5. The Morgan fingerprint density at radius 1 is 1.39 bits per heavy atom. The number of likely N-dealkylation sites (tertiary alicyclic amines) is 1. The summed E-state index contributed by atoms with van der Waals surface area (Å²) in [6.07, 6.45) is 0.658. The fraction of sp³-hybridized carbons (Fsp3) is 0.500. The van der Waals surface area contributed by atoms with Crippen molar-refractivity contribution < 1.29 is 18.4 Å². The number of nitrogens with zero attached hydrogens (tertiary/aromatic N) is 2. The van der Waals surface area contributed by atoms with Crippen LogP contribution in [0.15, 0.2) is 18.2 Å². The number of primary amides is 1. The van der Waals surface area contributed by atoms with Crippen LogP contribution in [-0.4, -0.2) is 48.3 Å². The Hall–Kier alpha value is -2.02. The smallest absolute Gasteiger partial charge is 0.236 e. The fourth-order valence-electron chi connectivity index (χ4n) is 2.72. The van der Waals surface area contributed by atoms with Crippen molar-refractivity contribution in [1.29, 1.82) is 0 Å². The Balaban J connectivity index is 1.96. The predicted octanol–water partition coefficient (Wildman–Crippen LogP) is 1.29. The topological polar surface area (TPSA) is 66.6 Å². The van der Waals surface area contributed by atoms with Crippen LogP contribution in [0.1, 0.15) is 24.9 Å². The van der Waals surface area contributed by atoms with Gasteiger partial charge in [-0.3, -0.25) is 14.5 Å². The van der Waals surface area contributed by atoms with E-state index >= 15 is 0 Å². The zero-order chi connectivity index (χ0) is 17.1. The van der Waals surface area contributed by atoms with E-state index in [1.165, 1.54) is 11.0 Å². The van der Waals surface area contributed by atoms with Crippen molar-refractivity contribution >= 4 is 11.8 Å². The summed E-state index contributed by atoms with van der Waals surface area (Å²) in [5.41, 5.74) is 5.80. The highest BCUT2D eigenvalue weighted by Gasteiger charge is 2.29. The fourth-order valence-corrected chi connectivity index (χ4v) is 2.72. The van der Waals surface area contributed by atoms with Crippen LogP contribution in [0.2, 0.25) is 0 Å². The summed E-state index contributed by atoms with van der Waals surface area (Å²) < 4.78 is 26.3. The Bertz CT molecular complexity index is 609. The first-order chi connectivity index (χ1) is 10.8. The quantitative estimate of drug-likeness (QED) is 0.887. The normalized spacial score (nSPS) is 19.6. The van der Waals surface area contributed by atoms with Gasteiger partial charge in [0.2, 0.25) is 11.8 Å². The summed E-state index contributed by atoms with van der Waals surface area (Å²) in [6.45, 7) is 3.05. The van der Waals surface area contributed by atoms with Crippen molar-refractivity contribution in [2.75, 3.05) is 26.7 Å². The molecule has 23 heavy (non-hydrogen) atoms. The van der Waals surface area contributed by atoms with E-state index in [-0.39, 0.29) is 30.3 Å². The van der Waals surface area contributed by atoms with Gasteiger partial charge in [0.1, 0.15) is 0 Å². The molecule has 0 spiro atoms. The third-order valence-electron chi connectivity index (χ3n) is 4.43. The Labute approximate surface area is 134 Å². The van der Waals surface area contributed by atoms with Crippen LogP contribution in [-0.2, 0) is 9.59 Å². The molecule has 0 saturated carbocycles. The molecule has 1 heterocycles. The number of hydrogen-bond donors (Lipinski definition) is 1. The van der Waals surface area contributed by atoms with Gasteiger partial charge in [0, 0.05) is 13.6 Å². The van der Waals surface area contributed by atoms with Gasteiger partial charge in [-0.05, 0) is 37.6 Å². The maximum atomic E-state index is 13.3. The Morgan fingerprint density at radius 2 is 2.09 bits per heavy atom. The molecule has 2 N–H and O–H groups in total. The lowest BCUT2D eigenvalue weighted by atomic mass is 10.1. The van der Waals surface area contributed by atoms with E-state index < -0.39 is 11.6 Å². The molecule has 1 aliphatic rings. The zero-order valence-corrected chi connectivity index (χ0v) is 13.3. The molecule has 0 aliphatic carbocycles. The lowest BCUT2D eigenvalue weighted by molar-refractivity contribution is -0.133. The minimum Gasteiger partial charge on any atom is -0.369 e. The molecule has 0 unspecified atom stereocenters. The second-order valence-corrected chi connectivity index (χ2v) is 5.98. The number of likely N-dealkylation sites (N-methyl/N-ethyl adjacent to an activating group) is 1. The summed E-state index contributed by atoms with van der Waals surface area (Å²) in [5.74, 6) is -2.55. The summed E-state index contributed by atoms with van der Waals surface area (Å²) in [6, 6.07) is 3.23. The number of halogens is 2. The third kappa shape index (κ3) is 4.04. The van der Waals surface area contributed by atoms with Crippen molar-refractivity contribution in [3.05, 3.63) is 35.4 Å². The molecule has 1 saturated heterocycles. The number of carbonyl (C=O) groups excluding carboxylic acids is 2. The van der Waals surface area contributed by atoms with Crippen LogP contribution in [0.25, 0.3) is 0 Å². The van der Waals surface area contributed by atoms with Crippen LogP contribution in [0.5, 0.6) is 0 Å². The lowest BCUT2D eigenvalue weighted by Gasteiger charge is -2.27. The van der Waals surface area contributed by atoms with Gasteiger partial charge in [0.25, 0.3) is 0 Å². The number of amides is 2. The number of hydrogen-bond acceptors (Lipinski definition) is 3. The summed E-state index contributed by atoms with van der Waals surface area (Å²) in [4.78, 5) is 26.9. The molecule has 0 bridgehead atoms. The van der Waals surface area contributed by atoms with Crippen LogP contribution in [0, 0.1) is 17.6 Å². The highest BCUT2D eigenvalue weighted by atomic mass is 19.2. The summed E-state index contributed by atoms with van der Waals surface area (Å²) in [5, 5.41) is 0. The van der Waals surface area contributed by atoms with Crippen LogP contribution < -0.4 is 5.73 Å². The summed E-state index contributed by atoms with van der Waals surface area (Å²) in [7, 11) is 1.62. The molecule has 1 aromatic rings. The van der Waals surface area contributed by atoms with E-state index in [1.54, 1.807) is 14.0 Å². The monoisotopic (exact) mass is 325 g/mol.